The number of hydrogen-bond acceptors (Lipinski definition) is 6. The van der Waals surface area contributed by atoms with Crippen LogP contribution in [0, 0.1) is 5.82 Å². The molecule has 1 atom stereocenters. The van der Waals surface area contributed by atoms with E-state index in [-0.39, 0.29) is 17.8 Å². The molecule has 0 fully saturated rings. The molecular formula is C24H31FN4O4. The fourth-order valence-electron chi connectivity index (χ4n) is 3.31. The SMILES string of the molecule is CCOCCn1c(CN[C@@H](C)C(=O)NCCOC)nc2ccc(Oc3ccc(F)cc3)cc21. The Hall–Kier alpha value is -3.01. The molecule has 178 valence electrons. The van der Waals surface area contributed by atoms with E-state index in [0.717, 1.165) is 16.9 Å². The molecule has 0 radical (unpaired) electrons. The summed E-state index contributed by atoms with van der Waals surface area (Å²) in [6, 6.07) is 11.1. The lowest BCUT2D eigenvalue weighted by molar-refractivity contribution is -0.123. The first-order valence-corrected chi connectivity index (χ1v) is 11.0. The molecule has 2 N–H and O–H groups in total. The molecule has 3 rings (SSSR count). The summed E-state index contributed by atoms with van der Waals surface area (Å²) >= 11 is 0. The molecule has 3 aromatic rings. The number of nitrogens with zero attached hydrogens (tertiary/aromatic N) is 2. The van der Waals surface area contributed by atoms with Gasteiger partial charge in [-0.1, -0.05) is 0 Å². The largest absolute Gasteiger partial charge is 0.457 e. The summed E-state index contributed by atoms with van der Waals surface area (Å²) < 4.78 is 31.6. The number of ether oxygens (including phenoxy) is 3. The Morgan fingerprint density at radius 2 is 1.91 bits per heavy atom. The summed E-state index contributed by atoms with van der Waals surface area (Å²) in [6.45, 7) is 6.86. The molecule has 0 bridgehead atoms. The van der Waals surface area contributed by atoms with Gasteiger partial charge >= 0.3 is 0 Å². The van der Waals surface area contributed by atoms with E-state index in [2.05, 4.69) is 15.2 Å². The minimum atomic E-state index is -0.389. The van der Waals surface area contributed by atoms with Crippen molar-refractivity contribution in [3.63, 3.8) is 0 Å². The number of halogens is 1. The smallest absolute Gasteiger partial charge is 0.236 e. The third kappa shape index (κ3) is 6.98. The van der Waals surface area contributed by atoms with Crippen molar-refractivity contribution in [3.8, 4) is 11.5 Å². The second-order valence-electron chi connectivity index (χ2n) is 7.47. The highest BCUT2D eigenvalue weighted by atomic mass is 19.1. The van der Waals surface area contributed by atoms with Crippen LogP contribution in [0.25, 0.3) is 11.0 Å². The maximum Gasteiger partial charge on any atom is 0.236 e. The quantitative estimate of drug-likeness (QED) is 0.383. The molecule has 1 heterocycles. The summed E-state index contributed by atoms with van der Waals surface area (Å²) in [6.07, 6.45) is 0. The van der Waals surface area contributed by atoms with Crippen LogP contribution in [0.5, 0.6) is 11.5 Å². The van der Waals surface area contributed by atoms with E-state index in [4.69, 9.17) is 19.2 Å². The van der Waals surface area contributed by atoms with Crippen LogP contribution < -0.4 is 15.4 Å². The Morgan fingerprint density at radius 1 is 1.15 bits per heavy atom. The lowest BCUT2D eigenvalue weighted by atomic mass is 10.3. The fourth-order valence-corrected chi connectivity index (χ4v) is 3.31. The van der Waals surface area contributed by atoms with Crippen LogP contribution in [0.3, 0.4) is 0 Å². The van der Waals surface area contributed by atoms with Crippen LogP contribution in [-0.2, 0) is 27.4 Å². The topological polar surface area (TPSA) is 86.6 Å². The first-order chi connectivity index (χ1) is 16.0. The number of carbonyl (C=O) groups excluding carboxylic acids is 1. The summed E-state index contributed by atoms with van der Waals surface area (Å²) in [5, 5.41) is 6.06. The molecule has 2 aromatic carbocycles. The van der Waals surface area contributed by atoms with Crippen LogP contribution in [0.15, 0.2) is 42.5 Å². The number of amides is 1. The number of carbonyl (C=O) groups is 1. The van der Waals surface area contributed by atoms with Crippen LogP contribution in [0.4, 0.5) is 4.39 Å². The molecule has 0 saturated heterocycles. The molecule has 0 spiro atoms. The van der Waals surface area contributed by atoms with Gasteiger partial charge in [-0.3, -0.25) is 10.1 Å². The molecule has 0 saturated carbocycles. The average Bonchev–Trinajstić information content (AvgIpc) is 3.16. The van der Waals surface area contributed by atoms with Crippen molar-refractivity contribution in [3.05, 3.63) is 54.1 Å². The van der Waals surface area contributed by atoms with Crippen molar-refractivity contribution in [2.75, 3.05) is 33.5 Å². The number of benzene rings is 2. The van der Waals surface area contributed by atoms with E-state index in [1.807, 2.05) is 32.0 Å². The number of imidazole rings is 1. The molecule has 0 aliphatic heterocycles. The van der Waals surface area contributed by atoms with Gasteiger partial charge in [-0.05, 0) is 50.2 Å². The number of hydrogen-bond donors (Lipinski definition) is 2. The molecule has 1 aromatic heterocycles. The molecule has 1 amide bonds. The number of rotatable bonds is 13. The maximum atomic E-state index is 13.2. The first-order valence-electron chi connectivity index (χ1n) is 11.0. The summed E-state index contributed by atoms with van der Waals surface area (Å²) in [7, 11) is 1.59. The minimum absolute atomic E-state index is 0.0981. The highest BCUT2D eigenvalue weighted by Gasteiger charge is 2.16. The van der Waals surface area contributed by atoms with Crippen molar-refractivity contribution < 1.29 is 23.4 Å². The molecule has 9 heteroatoms. The molecular weight excluding hydrogens is 427 g/mol. The van der Waals surface area contributed by atoms with Gasteiger partial charge in [0.15, 0.2) is 0 Å². The Labute approximate surface area is 193 Å². The van der Waals surface area contributed by atoms with Gasteiger partial charge in [0.1, 0.15) is 23.1 Å². The third-order valence-corrected chi connectivity index (χ3v) is 5.08. The normalized spacial score (nSPS) is 12.1. The lowest BCUT2D eigenvalue weighted by Crippen LogP contribution is -2.43. The zero-order chi connectivity index (χ0) is 23.6. The van der Waals surface area contributed by atoms with Gasteiger partial charge in [0.25, 0.3) is 0 Å². The summed E-state index contributed by atoms with van der Waals surface area (Å²) in [5.74, 6) is 1.55. The van der Waals surface area contributed by atoms with E-state index in [9.17, 15) is 9.18 Å². The van der Waals surface area contributed by atoms with Crippen molar-refractivity contribution in [1.29, 1.82) is 0 Å². The molecule has 0 aliphatic carbocycles. The molecule has 0 unspecified atom stereocenters. The standard InChI is InChI=1S/C24H31FN4O4/c1-4-32-14-12-29-22-15-20(33-19-7-5-18(25)6-8-19)9-10-21(22)28-23(29)16-27-17(2)24(30)26-11-13-31-3/h5-10,15,17,27H,4,11-14,16H2,1-3H3,(H,26,30)/t17-/m0/s1. The highest BCUT2D eigenvalue weighted by molar-refractivity contribution is 5.81. The monoisotopic (exact) mass is 458 g/mol. The second-order valence-corrected chi connectivity index (χ2v) is 7.47. The van der Waals surface area contributed by atoms with Gasteiger partial charge in [-0.15, -0.1) is 0 Å². The van der Waals surface area contributed by atoms with Crippen molar-refractivity contribution in [1.82, 2.24) is 20.2 Å². The Balaban J connectivity index is 1.77. The van der Waals surface area contributed by atoms with E-state index >= 15 is 0 Å². The molecule has 33 heavy (non-hydrogen) atoms. The summed E-state index contributed by atoms with van der Waals surface area (Å²) in [5.41, 5.74) is 1.70. The van der Waals surface area contributed by atoms with Gasteiger partial charge in [0.2, 0.25) is 5.91 Å². The van der Waals surface area contributed by atoms with Gasteiger partial charge in [0, 0.05) is 32.9 Å². The molecule has 0 aliphatic rings. The van der Waals surface area contributed by atoms with Crippen LogP contribution in [0.1, 0.15) is 19.7 Å². The zero-order valence-corrected chi connectivity index (χ0v) is 19.3. The second kappa shape index (κ2) is 12.3. The number of aromatic nitrogens is 2. The molecule has 8 nitrogen and oxygen atoms in total. The van der Waals surface area contributed by atoms with Crippen LogP contribution >= 0.6 is 0 Å². The number of fused-ring (bicyclic) bond motifs is 1. The fraction of sp³-hybridized carbons (Fsp3) is 0.417. The van der Waals surface area contributed by atoms with E-state index in [0.29, 0.717) is 51.0 Å². The van der Waals surface area contributed by atoms with E-state index in [1.54, 1.807) is 19.2 Å². The van der Waals surface area contributed by atoms with E-state index in [1.165, 1.54) is 12.1 Å². The summed E-state index contributed by atoms with van der Waals surface area (Å²) in [4.78, 5) is 17.0. The van der Waals surface area contributed by atoms with Crippen LogP contribution in [0.2, 0.25) is 0 Å². The predicted octanol–water partition coefficient (Wildman–Crippen LogP) is 3.24. The number of nitrogens with one attached hydrogen (secondary N) is 2. The lowest BCUT2D eigenvalue weighted by Gasteiger charge is -2.15. The maximum absolute atomic E-state index is 13.2. The first kappa shape index (κ1) is 24.6. The van der Waals surface area contributed by atoms with Gasteiger partial charge < -0.3 is 24.1 Å². The van der Waals surface area contributed by atoms with Crippen molar-refractivity contribution in [2.24, 2.45) is 0 Å². The predicted molar refractivity (Wildman–Crippen MR) is 124 cm³/mol. The van der Waals surface area contributed by atoms with Crippen LogP contribution in [-0.4, -0.2) is 55.0 Å². The third-order valence-electron chi connectivity index (χ3n) is 5.08. The van der Waals surface area contributed by atoms with Gasteiger partial charge in [0.05, 0.1) is 36.8 Å². The zero-order valence-electron chi connectivity index (χ0n) is 19.3. The van der Waals surface area contributed by atoms with Crippen molar-refractivity contribution >= 4 is 16.9 Å². The van der Waals surface area contributed by atoms with Gasteiger partial charge in [-0.25, -0.2) is 9.37 Å². The van der Waals surface area contributed by atoms with Crippen molar-refractivity contribution in [2.45, 2.75) is 33.0 Å². The van der Waals surface area contributed by atoms with E-state index < -0.39 is 0 Å². The highest BCUT2D eigenvalue weighted by Crippen LogP contribution is 2.26. The minimum Gasteiger partial charge on any atom is -0.457 e. The Morgan fingerprint density at radius 3 is 2.64 bits per heavy atom. The van der Waals surface area contributed by atoms with Gasteiger partial charge in [-0.2, -0.15) is 0 Å². The average molecular weight is 459 g/mol. The Bertz CT molecular complexity index is 1040. The Kier molecular flexibility index (Phi) is 9.17. The number of methoxy groups -OCH3 is 1.